The van der Waals surface area contributed by atoms with Gasteiger partial charge in [-0.2, -0.15) is 5.26 Å². The van der Waals surface area contributed by atoms with E-state index < -0.39 is 12.3 Å². The first-order valence-corrected chi connectivity index (χ1v) is 8.64. The van der Waals surface area contributed by atoms with Crippen molar-refractivity contribution in [3.05, 3.63) is 59.7 Å². The van der Waals surface area contributed by atoms with Crippen LogP contribution in [0.2, 0.25) is 0 Å². The molecule has 2 aromatic carbocycles. The lowest BCUT2D eigenvalue weighted by atomic mass is 10.1. The second kappa shape index (κ2) is 10.2. The average Bonchev–Trinajstić information content (AvgIpc) is 2.67. The molecule has 0 bridgehead atoms. The molecule has 2 unspecified atom stereocenters. The summed E-state index contributed by atoms with van der Waals surface area (Å²) < 4.78 is 5.54. The summed E-state index contributed by atoms with van der Waals surface area (Å²) in [6.07, 6.45) is -1.60. The third-order valence-electron chi connectivity index (χ3n) is 3.84. The number of hydrogen-bond donors (Lipinski definition) is 4. The molecule has 1 amide bonds. The normalized spacial score (nSPS) is 12.6. The Morgan fingerprint density at radius 2 is 1.93 bits per heavy atom. The van der Waals surface area contributed by atoms with Crippen molar-refractivity contribution in [2.24, 2.45) is 0 Å². The molecule has 2 atom stereocenters. The largest absolute Gasteiger partial charge is 0.508 e. The van der Waals surface area contributed by atoms with Crippen molar-refractivity contribution >= 4 is 5.91 Å². The van der Waals surface area contributed by atoms with Crippen LogP contribution in [0.4, 0.5) is 0 Å². The smallest absolute Gasteiger partial charge is 0.225 e. The molecule has 0 aliphatic rings. The van der Waals surface area contributed by atoms with E-state index in [9.17, 15) is 15.0 Å². The number of carbonyl (C=O) groups is 1. The van der Waals surface area contributed by atoms with Crippen LogP contribution in [0.1, 0.15) is 18.1 Å². The zero-order chi connectivity index (χ0) is 19.6. The van der Waals surface area contributed by atoms with Crippen molar-refractivity contribution in [2.45, 2.75) is 25.6 Å². The summed E-state index contributed by atoms with van der Waals surface area (Å²) in [6.45, 7) is 2.31. The molecule has 0 aliphatic carbocycles. The van der Waals surface area contributed by atoms with Crippen LogP contribution in [0, 0.1) is 11.3 Å². The van der Waals surface area contributed by atoms with E-state index in [4.69, 9.17) is 10.00 Å². The lowest BCUT2D eigenvalue weighted by molar-refractivity contribution is -0.122. The van der Waals surface area contributed by atoms with E-state index in [-0.39, 0.29) is 24.7 Å². The summed E-state index contributed by atoms with van der Waals surface area (Å²) in [4.78, 5) is 12.3. The van der Waals surface area contributed by atoms with Crippen LogP contribution in [-0.2, 0) is 11.2 Å². The number of nitrogens with zero attached hydrogens (tertiary/aromatic N) is 1. The van der Waals surface area contributed by atoms with E-state index in [0.29, 0.717) is 17.9 Å². The fourth-order valence-electron chi connectivity index (χ4n) is 2.48. The summed E-state index contributed by atoms with van der Waals surface area (Å²) in [5, 5.41) is 34.5. The number of para-hydroxylation sites is 1. The van der Waals surface area contributed by atoms with Crippen LogP contribution in [-0.4, -0.2) is 41.5 Å². The molecular formula is C20H23N3O4. The predicted molar refractivity (Wildman–Crippen MR) is 100 cm³/mol. The standard InChI is InChI=1S/C20H23N3O4/c1-2-22-20(23-19(26)11-14-7-9-16(24)10-8-14)17(25)13-27-18-6-4-3-5-15(18)12-21/h3-10,17,20,22,24-25H,2,11,13H2,1H3,(H,23,26). The third kappa shape index (κ3) is 6.29. The molecule has 4 N–H and O–H groups in total. The Hall–Kier alpha value is -3.08. The maximum Gasteiger partial charge on any atom is 0.225 e. The van der Waals surface area contributed by atoms with Gasteiger partial charge in [0.1, 0.15) is 36.4 Å². The van der Waals surface area contributed by atoms with Gasteiger partial charge < -0.3 is 20.3 Å². The Balaban J connectivity index is 1.93. The molecule has 0 saturated carbocycles. The van der Waals surface area contributed by atoms with Crippen molar-refractivity contribution < 1.29 is 19.7 Å². The summed E-state index contributed by atoms with van der Waals surface area (Å²) in [7, 11) is 0. The number of likely N-dealkylation sites (N-methyl/N-ethyl adjacent to an activating group) is 1. The number of phenols is 1. The molecule has 27 heavy (non-hydrogen) atoms. The number of phenolic OH excluding ortho intramolecular Hbond substituents is 1. The van der Waals surface area contributed by atoms with Crippen LogP contribution < -0.4 is 15.4 Å². The Morgan fingerprint density at radius 1 is 1.22 bits per heavy atom. The molecule has 0 spiro atoms. The van der Waals surface area contributed by atoms with E-state index in [1.807, 2.05) is 13.0 Å². The summed E-state index contributed by atoms with van der Waals surface area (Å²) in [6, 6.07) is 15.1. The van der Waals surface area contributed by atoms with Gasteiger partial charge in [-0.1, -0.05) is 31.2 Å². The molecule has 2 rings (SSSR count). The maximum absolute atomic E-state index is 12.3. The first-order chi connectivity index (χ1) is 13.0. The third-order valence-corrected chi connectivity index (χ3v) is 3.84. The minimum atomic E-state index is -1.01. The SMILES string of the molecule is CCNC(NC(=O)Cc1ccc(O)cc1)C(O)COc1ccccc1C#N. The molecule has 0 aliphatic heterocycles. The Kier molecular flexibility index (Phi) is 7.62. The van der Waals surface area contributed by atoms with Gasteiger partial charge in [0.15, 0.2) is 0 Å². The summed E-state index contributed by atoms with van der Waals surface area (Å²) >= 11 is 0. The van der Waals surface area contributed by atoms with Crippen LogP contribution in [0.5, 0.6) is 11.5 Å². The molecular weight excluding hydrogens is 346 g/mol. The highest BCUT2D eigenvalue weighted by Crippen LogP contribution is 2.17. The van der Waals surface area contributed by atoms with Gasteiger partial charge in [0.05, 0.1) is 12.0 Å². The highest BCUT2D eigenvalue weighted by Gasteiger charge is 2.21. The minimum absolute atomic E-state index is 0.0875. The number of ether oxygens (including phenoxy) is 1. The number of benzene rings is 2. The van der Waals surface area contributed by atoms with Crippen LogP contribution in [0.25, 0.3) is 0 Å². The highest BCUT2D eigenvalue weighted by atomic mass is 16.5. The van der Waals surface area contributed by atoms with Crippen molar-refractivity contribution in [3.63, 3.8) is 0 Å². The maximum atomic E-state index is 12.3. The molecule has 0 fully saturated rings. The van der Waals surface area contributed by atoms with Gasteiger partial charge in [-0.15, -0.1) is 0 Å². The number of nitrogens with one attached hydrogen (secondary N) is 2. The van der Waals surface area contributed by atoms with Crippen LogP contribution in [0.15, 0.2) is 48.5 Å². The van der Waals surface area contributed by atoms with Gasteiger partial charge in [-0.25, -0.2) is 0 Å². The number of aromatic hydroxyl groups is 1. The quantitative estimate of drug-likeness (QED) is 0.495. The number of carbonyl (C=O) groups excluding carboxylic acids is 1. The van der Waals surface area contributed by atoms with Crippen LogP contribution in [0.3, 0.4) is 0 Å². The zero-order valence-electron chi connectivity index (χ0n) is 15.1. The van der Waals surface area contributed by atoms with Gasteiger partial charge in [0, 0.05) is 0 Å². The first kappa shape index (κ1) is 20.2. The van der Waals surface area contributed by atoms with Crippen molar-refractivity contribution in [3.8, 4) is 17.6 Å². The molecule has 7 heteroatoms. The Morgan fingerprint density at radius 3 is 2.59 bits per heavy atom. The topological polar surface area (TPSA) is 115 Å². The fraction of sp³-hybridized carbons (Fsp3) is 0.300. The number of aliphatic hydroxyl groups excluding tert-OH is 1. The van der Waals surface area contributed by atoms with E-state index in [1.165, 1.54) is 12.1 Å². The predicted octanol–water partition coefficient (Wildman–Crippen LogP) is 1.30. The molecule has 0 aromatic heterocycles. The van der Waals surface area contributed by atoms with Crippen molar-refractivity contribution in [2.75, 3.05) is 13.2 Å². The average molecular weight is 369 g/mol. The fourth-order valence-corrected chi connectivity index (χ4v) is 2.48. The monoisotopic (exact) mass is 369 g/mol. The Labute approximate surface area is 158 Å². The molecule has 0 saturated heterocycles. The molecule has 142 valence electrons. The molecule has 0 radical (unpaired) electrons. The second-order valence-electron chi connectivity index (χ2n) is 5.93. The van der Waals surface area contributed by atoms with E-state index in [1.54, 1.807) is 36.4 Å². The highest BCUT2D eigenvalue weighted by molar-refractivity contribution is 5.78. The number of aliphatic hydroxyl groups is 1. The van der Waals surface area contributed by atoms with Gasteiger partial charge in [-0.05, 0) is 36.4 Å². The van der Waals surface area contributed by atoms with E-state index >= 15 is 0 Å². The van der Waals surface area contributed by atoms with E-state index in [0.717, 1.165) is 5.56 Å². The van der Waals surface area contributed by atoms with Gasteiger partial charge in [0.2, 0.25) is 5.91 Å². The minimum Gasteiger partial charge on any atom is -0.508 e. The summed E-state index contributed by atoms with van der Waals surface area (Å²) in [5.74, 6) is 0.239. The van der Waals surface area contributed by atoms with Crippen molar-refractivity contribution in [1.82, 2.24) is 10.6 Å². The number of hydrogen-bond acceptors (Lipinski definition) is 6. The Bertz CT molecular complexity index is 787. The van der Waals surface area contributed by atoms with E-state index in [2.05, 4.69) is 10.6 Å². The zero-order valence-corrected chi connectivity index (χ0v) is 15.1. The lowest BCUT2D eigenvalue weighted by Crippen LogP contribution is -2.54. The lowest BCUT2D eigenvalue weighted by Gasteiger charge is -2.25. The summed E-state index contributed by atoms with van der Waals surface area (Å²) in [5.41, 5.74) is 1.12. The molecule has 7 nitrogen and oxygen atoms in total. The van der Waals surface area contributed by atoms with Gasteiger partial charge >= 0.3 is 0 Å². The van der Waals surface area contributed by atoms with Gasteiger partial charge in [0.25, 0.3) is 0 Å². The van der Waals surface area contributed by atoms with Gasteiger partial charge in [-0.3, -0.25) is 10.1 Å². The number of amides is 1. The number of nitriles is 1. The van der Waals surface area contributed by atoms with Crippen molar-refractivity contribution in [1.29, 1.82) is 5.26 Å². The molecule has 0 heterocycles. The number of rotatable bonds is 9. The molecule has 2 aromatic rings. The second-order valence-corrected chi connectivity index (χ2v) is 5.93. The first-order valence-electron chi connectivity index (χ1n) is 8.64. The van der Waals surface area contributed by atoms with Crippen LogP contribution >= 0.6 is 0 Å².